The number of nitrogens with one attached hydrogen (secondary N) is 1. The lowest BCUT2D eigenvalue weighted by Gasteiger charge is -2.10. The largest absolute Gasteiger partial charge is 0.485 e. The molecule has 6 nitrogen and oxygen atoms in total. The number of carbonyl (C=O) groups is 1. The molecule has 2 N–H and O–H groups in total. The quantitative estimate of drug-likeness (QED) is 0.849. The molecule has 0 aliphatic carbocycles. The average molecular weight is 287 g/mol. The van der Waals surface area contributed by atoms with Crippen LogP contribution in [-0.4, -0.2) is 27.6 Å². The Bertz CT molecular complexity index is 644. The molecule has 2 rings (SSSR count). The molecule has 0 fully saturated rings. The van der Waals surface area contributed by atoms with Crippen LogP contribution in [0.25, 0.3) is 0 Å². The highest BCUT2D eigenvalue weighted by Gasteiger charge is 2.11. The second-order valence-corrected chi connectivity index (χ2v) is 4.44. The van der Waals surface area contributed by atoms with E-state index in [-0.39, 0.29) is 12.3 Å². The molecule has 0 unspecified atom stereocenters. The highest BCUT2D eigenvalue weighted by atomic mass is 16.5. The molecule has 1 aromatic heterocycles. The third kappa shape index (κ3) is 3.92. The van der Waals surface area contributed by atoms with Gasteiger partial charge in [0.1, 0.15) is 18.2 Å². The number of hydrogen-bond donors (Lipinski definition) is 2. The van der Waals surface area contributed by atoms with Crippen LogP contribution in [0.3, 0.4) is 0 Å². The summed E-state index contributed by atoms with van der Waals surface area (Å²) in [6, 6.07) is 8.99. The van der Waals surface area contributed by atoms with Crippen molar-refractivity contribution in [3.05, 3.63) is 47.4 Å². The third-order valence-electron chi connectivity index (χ3n) is 2.80. The highest BCUT2D eigenvalue weighted by molar-refractivity contribution is 5.86. The standard InChI is InChI=1S/C15H17N3O3/c1-3-16-13-8-11(15(19)20)17-14(18-13)9-21-12-7-5-4-6-10(12)2/h4-8H,3,9H2,1-2H3,(H,19,20)(H,16,17,18). The SMILES string of the molecule is CCNc1cc(C(=O)O)nc(COc2ccccc2C)n1. The van der Waals surface area contributed by atoms with Gasteiger partial charge in [-0.1, -0.05) is 18.2 Å². The van der Waals surface area contributed by atoms with Crippen LogP contribution in [0.5, 0.6) is 5.75 Å². The molecule has 0 bridgehead atoms. The molecule has 0 aliphatic heterocycles. The number of benzene rings is 1. The Labute approximate surface area is 122 Å². The van der Waals surface area contributed by atoms with E-state index in [1.807, 2.05) is 38.1 Å². The van der Waals surface area contributed by atoms with Crippen LogP contribution in [0.2, 0.25) is 0 Å². The van der Waals surface area contributed by atoms with E-state index in [4.69, 9.17) is 9.84 Å². The fraction of sp³-hybridized carbons (Fsp3) is 0.267. The maximum atomic E-state index is 11.1. The molecule has 0 atom stereocenters. The zero-order valence-corrected chi connectivity index (χ0v) is 12.0. The van der Waals surface area contributed by atoms with Gasteiger partial charge >= 0.3 is 5.97 Å². The summed E-state index contributed by atoms with van der Waals surface area (Å²) in [5.41, 5.74) is 0.947. The number of ether oxygens (including phenoxy) is 1. The van der Waals surface area contributed by atoms with Crippen molar-refractivity contribution in [3.63, 3.8) is 0 Å². The fourth-order valence-corrected chi connectivity index (χ4v) is 1.80. The summed E-state index contributed by atoms with van der Waals surface area (Å²) in [7, 11) is 0. The van der Waals surface area contributed by atoms with Crippen molar-refractivity contribution in [2.45, 2.75) is 20.5 Å². The molecule has 21 heavy (non-hydrogen) atoms. The Kier molecular flexibility index (Phi) is 4.71. The van der Waals surface area contributed by atoms with E-state index in [0.717, 1.165) is 11.3 Å². The van der Waals surface area contributed by atoms with E-state index in [9.17, 15) is 4.79 Å². The lowest BCUT2D eigenvalue weighted by atomic mass is 10.2. The van der Waals surface area contributed by atoms with Gasteiger partial charge in [-0.15, -0.1) is 0 Å². The zero-order chi connectivity index (χ0) is 15.2. The van der Waals surface area contributed by atoms with E-state index in [1.165, 1.54) is 6.07 Å². The van der Waals surface area contributed by atoms with Crippen LogP contribution >= 0.6 is 0 Å². The van der Waals surface area contributed by atoms with E-state index in [1.54, 1.807) is 0 Å². The first-order valence-electron chi connectivity index (χ1n) is 6.63. The minimum absolute atomic E-state index is 0.0515. The van der Waals surface area contributed by atoms with Gasteiger partial charge in [0.2, 0.25) is 0 Å². The number of aromatic carboxylic acids is 1. The number of para-hydroxylation sites is 1. The molecule has 1 aromatic carbocycles. The lowest BCUT2D eigenvalue weighted by Crippen LogP contribution is -2.11. The maximum absolute atomic E-state index is 11.1. The van der Waals surface area contributed by atoms with Crippen LogP contribution in [0, 0.1) is 6.92 Å². The van der Waals surface area contributed by atoms with Crippen molar-refractivity contribution in [2.24, 2.45) is 0 Å². The van der Waals surface area contributed by atoms with Crippen molar-refractivity contribution >= 4 is 11.8 Å². The van der Waals surface area contributed by atoms with Crippen LogP contribution in [0.4, 0.5) is 5.82 Å². The summed E-state index contributed by atoms with van der Waals surface area (Å²) in [5.74, 6) is 0.447. The lowest BCUT2D eigenvalue weighted by molar-refractivity contribution is 0.0689. The molecule has 1 heterocycles. The van der Waals surface area contributed by atoms with E-state index >= 15 is 0 Å². The van der Waals surface area contributed by atoms with Gasteiger partial charge in [0.25, 0.3) is 0 Å². The Morgan fingerprint density at radius 1 is 1.33 bits per heavy atom. The molecule has 6 heteroatoms. The minimum Gasteiger partial charge on any atom is -0.485 e. The van der Waals surface area contributed by atoms with Crippen LogP contribution in [-0.2, 0) is 6.61 Å². The molecule has 0 saturated heterocycles. The summed E-state index contributed by atoms with van der Waals surface area (Å²) >= 11 is 0. The molecule has 0 spiro atoms. The Morgan fingerprint density at radius 3 is 2.76 bits per heavy atom. The molecule has 2 aromatic rings. The van der Waals surface area contributed by atoms with Crippen LogP contribution in [0.1, 0.15) is 28.8 Å². The molecular formula is C15H17N3O3. The Balaban J connectivity index is 2.19. The van der Waals surface area contributed by atoms with Gasteiger partial charge < -0.3 is 15.2 Å². The van der Waals surface area contributed by atoms with Crippen LogP contribution < -0.4 is 10.1 Å². The Hall–Kier alpha value is -2.63. The number of rotatable bonds is 6. The fourth-order valence-electron chi connectivity index (χ4n) is 1.80. The summed E-state index contributed by atoms with van der Waals surface area (Å²) in [6.45, 7) is 4.61. The van der Waals surface area contributed by atoms with Crippen molar-refractivity contribution in [3.8, 4) is 5.75 Å². The van der Waals surface area contributed by atoms with Gasteiger partial charge in [0.15, 0.2) is 11.5 Å². The number of carboxylic acid groups (broad SMARTS) is 1. The second-order valence-electron chi connectivity index (χ2n) is 4.44. The topological polar surface area (TPSA) is 84.3 Å². The monoisotopic (exact) mass is 287 g/mol. The summed E-state index contributed by atoms with van der Waals surface area (Å²) in [6.07, 6.45) is 0. The maximum Gasteiger partial charge on any atom is 0.354 e. The molecule has 0 saturated carbocycles. The minimum atomic E-state index is -1.09. The number of nitrogens with zero attached hydrogens (tertiary/aromatic N) is 2. The third-order valence-corrected chi connectivity index (χ3v) is 2.80. The molecular weight excluding hydrogens is 270 g/mol. The molecule has 110 valence electrons. The number of anilines is 1. The van der Waals surface area contributed by atoms with Crippen molar-refractivity contribution in [1.82, 2.24) is 9.97 Å². The van der Waals surface area contributed by atoms with Crippen molar-refractivity contribution in [2.75, 3.05) is 11.9 Å². The smallest absolute Gasteiger partial charge is 0.354 e. The van der Waals surface area contributed by atoms with E-state index in [2.05, 4.69) is 15.3 Å². The average Bonchev–Trinajstić information content (AvgIpc) is 2.46. The second kappa shape index (κ2) is 6.69. The first-order chi connectivity index (χ1) is 10.1. The first kappa shape index (κ1) is 14.8. The number of hydrogen-bond acceptors (Lipinski definition) is 5. The zero-order valence-electron chi connectivity index (χ0n) is 12.0. The van der Waals surface area contributed by atoms with Gasteiger partial charge in [-0.05, 0) is 25.5 Å². The summed E-state index contributed by atoms with van der Waals surface area (Å²) in [5, 5.41) is 12.1. The summed E-state index contributed by atoms with van der Waals surface area (Å²) in [4.78, 5) is 19.3. The van der Waals surface area contributed by atoms with Crippen molar-refractivity contribution in [1.29, 1.82) is 0 Å². The molecule has 0 aliphatic rings. The van der Waals surface area contributed by atoms with Crippen LogP contribution in [0.15, 0.2) is 30.3 Å². The number of aryl methyl sites for hydroxylation is 1. The first-order valence-corrected chi connectivity index (χ1v) is 6.63. The van der Waals surface area contributed by atoms with Crippen molar-refractivity contribution < 1.29 is 14.6 Å². The normalized spacial score (nSPS) is 10.2. The number of carboxylic acids is 1. The predicted octanol–water partition coefficient (Wildman–Crippen LogP) is 2.49. The van der Waals surface area contributed by atoms with Gasteiger partial charge in [-0.2, -0.15) is 0 Å². The summed E-state index contributed by atoms with van der Waals surface area (Å²) < 4.78 is 5.64. The van der Waals surface area contributed by atoms with E-state index < -0.39 is 5.97 Å². The van der Waals surface area contributed by atoms with Gasteiger partial charge in [0.05, 0.1) is 0 Å². The number of aromatic nitrogens is 2. The molecule has 0 amide bonds. The Morgan fingerprint density at radius 2 is 2.10 bits per heavy atom. The van der Waals surface area contributed by atoms with Gasteiger partial charge in [-0.25, -0.2) is 14.8 Å². The highest BCUT2D eigenvalue weighted by Crippen LogP contribution is 2.17. The van der Waals surface area contributed by atoms with E-state index in [0.29, 0.717) is 18.2 Å². The van der Waals surface area contributed by atoms with Gasteiger partial charge in [-0.3, -0.25) is 0 Å². The predicted molar refractivity (Wildman–Crippen MR) is 78.7 cm³/mol. The van der Waals surface area contributed by atoms with Gasteiger partial charge in [0, 0.05) is 12.6 Å². The molecule has 0 radical (unpaired) electrons.